The van der Waals surface area contributed by atoms with E-state index in [2.05, 4.69) is 64.8 Å². The van der Waals surface area contributed by atoms with E-state index in [1.54, 1.807) is 18.3 Å². The van der Waals surface area contributed by atoms with Crippen LogP contribution in [0.25, 0.3) is 0 Å². The summed E-state index contributed by atoms with van der Waals surface area (Å²) in [5.74, 6) is 1.23. The number of allylic oxidation sites excluding steroid dienone is 6. The Kier molecular flexibility index (Phi) is 10.7. The lowest BCUT2D eigenvalue weighted by Crippen LogP contribution is -2.37. The van der Waals surface area contributed by atoms with Crippen LogP contribution in [0, 0.1) is 20.8 Å². The van der Waals surface area contributed by atoms with Crippen molar-refractivity contribution in [2.24, 2.45) is 0 Å². The van der Waals surface area contributed by atoms with Gasteiger partial charge < -0.3 is 9.47 Å². The molecular formula is C35H47NO3. The average Bonchev–Trinajstić information content (AvgIpc) is 2.90. The molecule has 0 aliphatic carbocycles. The van der Waals surface area contributed by atoms with Gasteiger partial charge in [-0.25, -0.2) is 4.79 Å². The number of nitrogens with zero attached hydrogens (tertiary/aromatic N) is 1. The largest absolute Gasteiger partial charge is 0.487 e. The molecule has 2 heterocycles. The number of hydrogen-bond acceptors (Lipinski definition) is 4. The van der Waals surface area contributed by atoms with Gasteiger partial charge in [0.1, 0.15) is 17.1 Å². The molecule has 4 heteroatoms. The number of rotatable bonds is 11. The molecule has 0 radical (unpaired) electrons. The molecular weight excluding hydrogens is 482 g/mol. The highest BCUT2D eigenvalue weighted by molar-refractivity contribution is 5.91. The van der Waals surface area contributed by atoms with Gasteiger partial charge in [-0.2, -0.15) is 0 Å². The summed E-state index contributed by atoms with van der Waals surface area (Å²) in [5.41, 5.74) is 8.72. The fraction of sp³-hybridized carbons (Fsp3) is 0.486. The van der Waals surface area contributed by atoms with Crippen LogP contribution in [0.1, 0.15) is 112 Å². The number of carbonyl (C=O) groups excluding carboxylic acids is 1. The first kappa shape index (κ1) is 30.4. The van der Waals surface area contributed by atoms with Crippen LogP contribution in [0.2, 0.25) is 0 Å². The minimum absolute atomic E-state index is 0.206. The average molecular weight is 530 g/mol. The number of pyridine rings is 1. The van der Waals surface area contributed by atoms with Gasteiger partial charge in [0.25, 0.3) is 0 Å². The van der Waals surface area contributed by atoms with Crippen LogP contribution in [0.3, 0.4) is 0 Å². The van der Waals surface area contributed by atoms with Gasteiger partial charge in [0, 0.05) is 18.0 Å². The molecule has 4 nitrogen and oxygen atoms in total. The molecule has 1 atom stereocenters. The van der Waals surface area contributed by atoms with Crippen molar-refractivity contribution in [2.45, 2.75) is 112 Å². The molecule has 210 valence electrons. The van der Waals surface area contributed by atoms with Crippen molar-refractivity contribution in [3.05, 3.63) is 87.3 Å². The molecule has 2 aromatic rings. The number of carbonyl (C=O) groups is 1. The van der Waals surface area contributed by atoms with E-state index in [0.717, 1.165) is 79.4 Å². The lowest BCUT2D eigenvalue weighted by Gasteiger charge is -2.38. The number of esters is 1. The minimum atomic E-state index is -0.383. The summed E-state index contributed by atoms with van der Waals surface area (Å²) < 4.78 is 12.6. The molecule has 39 heavy (non-hydrogen) atoms. The van der Waals surface area contributed by atoms with E-state index in [1.165, 1.54) is 22.9 Å². The highest BCUT2D eigenvalue weighted by Crippen LogP contribution is 2.45. The fourth-order valence-corrected chi connectivity index (χ4v) is 5.21. The highest BCUT2D eigenvalue weighted by atomic mass is 16.5. The number of fused-ring (bicyclic) bond motifs is 1. The Bertz CT molecular complexity index is 1250. The van der Waals surface area contributed by atoms with Crippen LogP contribution in [-0.4, -0.2) is 16.6 Å². The first-order chi connectivity index (χ1) is 18.5. The highest BCUT2D eigenvalue weighted by Gasteiger charge is 2.34. The van der Waals surface area contributed by atoms with Crippen LogP contribution in [0.5, 0.6) is 11.5 Å². The Labute approximate surface area is 236 Å². The molecule has 1 unspecified atom stereocenters. The van der Waals surface area contributed by atoms with E-state index in [-0.39, 0.29) is 11.6 Å². The molecule has 0 saturated heterocycles. The van der Waals surface area contributed by atoms with Crippen LogP contribution in [0.4, 0.5) is 0 Å². The summed E-state index contributed by atoms with van der Waals surface area (Å²) in [5, 5.41) is 0. The zero-order chi connectivity index (χ0) is 28.6. The van der Waals surface area contributed by atoms with Crippen molar-refractivity contribution >= 4 is 5.97 Å². The smallest absolute Gasteiger partial charge is 0.345 e. The van der Waals surface area contributed by atoms with Crippen molar-refractivity contribution in [2.75, 3.05) is 0 Å². The molecule has 0 fully saturated rings. The minimum Gasteiger partial charge on any atom is -0.487 e. The second-order valence-electron chi connectivity index (χ2n) is 11.7. The third-order valence-electron chi connectivity index (χ3n) is 7.94. The zero-order valence-corrected chi connectivity index (χ0v) is 25.4. The summed E-state index contributed by atoms with van der Waals surface area (Å²) in [7, 11) is 0. The van der Waals surface area contributed by atoms with E-state index in [0.29, 0.717) is 11.3 Å². The summed E-state index contributed by atoms with van der Waals surface area (Å²) in [6.45, 7) is 17.2. The molecule has 0 amide bonds. The zero-order valence-electron chi connectivity index (χ0n) is 25.4. The Hall–Kier alpha value is -3.14. The van der Waals surface area contributed by atoms with Crippen molar-refractivity contribution in [3.63, 3.8) is 0 Å². The maximum atomic E-state index is 12.7. The number of ether oxygens (including phenoxy) is 2. The Morgan fingerprint density at radius 3 is 2.28 bits per heavy atom. The molecule has 0 spiro atoms. The van der Waals surface area contributed by atoms with Crippen LogP contribution >= 0.6 is 0 Å². The number of aromatic nitrogens is 1. The molecule has 1 aliphatic heterocycles. The Balaban J connectivity index is 1.60. The molecule has 1 aromatic heterocycles. The van der Waals surface area contributed by atoms with E-state index < -0.39 is 0 Å². The van der Waals surface area contributed by atoms with Crippen molar-refractivity contribution in [1.29, 1.82) is 0 Å². The van der Waals surface area contributed by atoms with Gasteiger partial charge in [-0.15, -0.1) is 0 Å². The van der Waals surface area contributed by atoms with Gasteiger partial charge >= 0.3 is 5.97 Å². The molecule has 1 aromatic carbocycles. The predicted molar refractivity (Wildman–Crippen MR) is 162 cm³/mol. The van der Waals surface area contributed by atoms with E-state index in [9.17, 15) is 4.79 Å². The van der Waals surface area contributed by atoms with Gasteiger partial charge in [-0.3, -0.25) is 4.98 Å². The topological polar surface area (TPSA) is 48.4 Å². The summed E-state index contributed by atoms with van der Waals surface area (Å²) in [6.07, 6.45) is 18.6. The summed E-state index contributed by atoms with van der Waals surface area (Å²) in [4.78, 5) is 16.8. The van der Waals surface area contributed by atoms with E-state index in [1.807, 2.05) is 13.8 Å². The Morgan fingerprint density at radius 2 is 1.64 bits per heavy atom. The summed E-state index contributed by atoms with van der Waals surface area (Å²) >= 11 is 0. The lowest BCUT2D eigenvalue weighted by atomic mass is 9.85. The van der Waals surface area contributed by atoms with Crippen LogP contribution in [0.15, 0.2) is 59.5 Å². The van der Waals surface area contributed by atoms with Crippen LogP contribution in [-0.2, 0) is 6.42 Å². The molecule has 3 rings (SSSR count). The number of benzene rings is 1. The normalized spacial score (nSPS) is 17.3. The maximum absolute atomic E-state index is 12.7. The van der Waals surface area contributed by atoms with Gasteiger partial charge in [-0.1, -0.05) is 34.9 Å². The van der Waals surface area contributed by atoms with Gasteiger partial charge in [0.05, 0.1) is 5.56 Å². The second kappa shape index (κ2) is 13.8. The van der Waals surface area contributed by atoms with Crippen LogP contribution < -0.4 is 9.47 Å². The first-order valence-corrected chi connectivity index (χ1v) is 14.4. The molecule has 0 saturated carbocycles. The van der Waals surface area contributed by atoms with Crippen molar-refractivity contribution < 1.29 is 14.3 Å². The quantitative estimate of drug-likeness (QED) is 0.165. The predicted octanol–water partition coefficient (Wildman–Crippen LogP) is 9.51. The van der Waals surface area contributed by atoms with Gasteiger partial charge in [0.15, 0.2) is 0 Å². The third kappa shape index (κ3) is 8.42. The van der Waals surface area contributed by atoms with Gasteiger partial charge in [-0.05, 0) is 136 Å². The van der Waals surface area contributed by atoms with E-state index >= 15 is 0 Å². The monoisotopic (exact) mass is 529 g/mol. The standard InChI is InChI=1S/C35H47NO3/c1-24(2)13-9-14-25(3)15-10-16-26(4)17-11-20-35(8)21-19-31-29(7)32(27(5)28(6)33(31)39-35)38-34(37)30-18-12-22-36-23-30/h12-13,15,17-18,22-23H,9-11,14,16,19-21H2,1-8H3/b25-15+,26-17+. The third-order valence-corrected chi connectivity index (χ3v) is 7.94. The summed E-state index contributed by atoms with van der Waals surface area (Å²) in [6, 6.07) is 3.47. The maximum Gasteiger partial charge on any atom is 0.345 e. The van der Waals surface area contributed by atoms with E-state index in [4.69, 9.17) is 9.47 Å². The van der Waals surface area contributed by atoms with Gasteiger partial charge in [0.2, 0.25) is 0 Å². The SMILES string of the molecule is CC(C)=CCC/C(C)=C/CC/C(C)=C/CCC1(C)CCc2c(C)c(OC(=O)c3cccnc3)c(C)c(C)c2O1. The second-order valence-corrected chi connectivity index (χ2v) is 11.7. The fourth-order valence-electron chi connectivity index (χ4n) is 5.21. The first-order valence-electron chi connectivity index (χ1n) is 14.4. The van der Waals surface area contributed by atoms with Crippen molar-refractivity contribution in [1.82, 2.24) is 4.98 Å². The number of hydrogen-bond donors (Lipinski definition) is 0. The molecule has 1 aliphatic rings. The lowest BCUT2D eigenvalue weighted by molar-refractivity contribution is 0.0554. The Morgan fingerprint density at radius 1 is 0.974 bits per heavy atom. The van der Waals surface area contributed by atoms with Crippen molar-refractivity contribution in [3.8, 4) is 11.5 Å². The molecule has 0 bridgehead atoms. The molecule has 0 N–H and O–H groups in total.